The average Bonchev–Trinajstić information content (AvgIpc) is 2.39. The molecule has 2 atom stereocenters. The van der Waals surface area contributed by atoms with Gasteiger partial charge in [0, 0.05) is 18.6 Å². The van der Waals surface area contributed by atoms with E-state index in [0.29, 0.717) is 29.2 Å². The topological polar surface area (TPSA) is 53.0 Å². The van der Waals surface area contributed by atoms with Crippen molar-refractivity contribution in [1.82, 2.24) is 0 Å². The number of halogens is 1. The summed E-state index contributed by atoms with van der Waals surface area (Å²) in [5.74, 6) is 0. The molecule has 1 aromatic carbocycles. The molecule has 96 valence electrons. The minimum Gasteiger partial charge on any atom is -0.363 e. The predicted molar refractivity (Wildman–Crippen MR) is 74.8 cm³/mol. The Kier molecular flexibility index (Phi) is 4.11. The lowest BCUT2D eigenvalue weighted by molar-refractivity contribution is 0.401. The SMILES string of the molecule is CC1CCCC(CN)N1c1ccc(C#N)cc1Cl. The number of hydrogen-bond donors (Lipinski definition) is 1. The maximum absolute atomic E-state index is 8.87. The Labute approximate surface area is 113 Å². The Balaban J connectivity index is 2.36. The number of anilines is 1. The third-order valence-corrected chi connectivity index (χ3v) is 3.96. The summed E-state index contributed by atoms with van der Waals surface area (Å²) in [6.07, 6.45) is 3.48. The molecule has 1 aromatic rings. The van der Waals surface area contributed by atoms with Crippen LogP contribution in [0, 0.1) is 11.3 Å². The molecule has 0 spiro atoms. The number of rotatable bonds is 2. The van der Waals surface area contributed by atoms with E-state index in [2.05, 4.69) is 17.9 Å². The van der Waals surface area contributed by atoms with Crippen molar-refractivity contribution in [2.75, 3.05) is 11.4 Å². The molecule has 2 unspecified atom stereocenters. The molecular weight excluding hydrogens is 246 g/mol. The largest absolute Gasteiger partial charge is 0.363 e. The van der Waals surface area contributed by atoms with Crippen LogP contribution in [-0.2, 0) is 0 Å². The molecule has 1 saturated heterocycles. The van der Waals surface area contributed by atoms with E-state index in [4.69, 9.17) is 22.6 Å². The van der Waals surface area contributed by atoms with Gasteiger partial charge >= 0.3 is 0 Å². The number of nitrogens with two attached hydrogens (primary N) is 1. The molecule has 0 aliphatic carbocycles. The van der Waals surface area contributed by atoms with Gasteiger partial charge in [0.2, 0.25) is 0 Å². The van der Waals surface area contributed by atoms with Crippen molar-refractivity contribution in [2.45, 2.75) is 38.3 Å². The smallest absolute Gasteiger partial charge is 0.0992 e. The molecule has 4 heteroatoms. The number of piperidine rings is 1. The Morgan fingerprint density at radius 1 is 1.50 bits per heavy atom. The van der Waals surface area contributed by atoms with E-state index in [0.717, 1.165) is 18.5 Å². The normalized spacial score (nSPS) is 23.8. The number of hydrogen-bond acceptors (Lipinski definition) is 3. The van der Waals surface area contributed by atoms with Crippen LogP contribution in [0.2, 0.25) is 5.02 Å². The third-order valence-electron chi connectivity index (χ3n) is 3.65. The van der Waals surface area contributed by atoms with Gasteiger partial charge in [0.05, 0.1) is 22.3 Å². The summed E-state index contributed by atoms with van der Waals surface area (Å²) >= 11 is 6.30. The summed E-state index contributed by atoms with van der Waals surface area (Å²) in [4.78, 5) is 2.31. The van der Waals surface area contributed by atoms with Gasteiger partial charge in [-0.15, -0.1) is 0 Å². The standard InChI is InChI=1S/C14H18ClN3/c1-10-3-2-4-12(9-17)18(10)14-6-5-11(8-16)7-13(14)15/h5-7,10,12H,2-4,9,17H2,1H3. The first kappa shape index (κ1) is 13.2. The molecule has 1 fully saturated rings. The molecule has 1 aliphatic rings. The highest BCUT2D eigenvalue weighted by Crippen LogP contribution is 2.34. The van der Waals surface area contributed by atoms with Crippen LogP contribution >= 0.6 is 11.6 Å². The van der Waals surface area contributed by atoms with Gasteiger partial charge in [-0.05, 0) is 44.4 Å². The fourth-order valence-corrected chi connectivity index (χ4v) is 3.02. The van der Waals surface area contributed by atoms with Crippen LogP contribution in [0.1, 0.15) is 31.7 Å². The Morgan fingerprint density at radius 2 is 2.28 bits per heavy atom. The van der Waals surface area contributed by atoms with Crippen LogP contribution in [0.15, 0.2) is 18.2 Å². The maximum atomic E-state index is 8.87. The first-order valence-electron chi connectivity index (χ1n) is 6.35. The predicted octanol–water partition coefficient (Wildman–Crippen LogP) is 2.92. The minimum absolute atomic E-state index is 0.346. The van der Waals surface area contributed by atoms with Gasteiger partial charge in [0.1, 0.15) is 0 Å². The van der Waals surface area contributed by atoms with Crippen molar-refractivity contribution < 1.29 is 0 Å². The van der Waals surface area contributed by atoms with Crippen molar-refractivity contribution in [1.29, 1.82) is 5.26 Å². The minimum atomic E-state index is 0.346. The van der Waals surface area contributed by atoms with Gasteiger partial charge in [-0.1, -0.05) is 11.6 Å². The lowest BCUT2D eigenvalue weighted by Crippen LogP contribution is -2.49. The highest BCUT2D eigenvalue weighted by Gasteiger charge is 2.28. The van der Waals surface area contributed by atoms with Gasteiger partial charge in [-0.25, -0.2) is 0 Å². The summed E-state index contributed by atoms with van der Waals surface area (Å²) in [5, 5.41) is 9.51. The summed E-state index contributed by atoms with van der Waals surface area (Å²) in [5.41, 5.74) is 7.46. The Hall–Kier alpha value is -1.24. The van der Waals surface area contributed by atoms with Gasteiger partial charge in [0.15, 0.2) is 0 Å². The second-order valence-electron chi connectivity index (χ2n) is 4.85. The van der Waals surface area contributed by atoms with E-state index in [1.807, 2.05) is 12.1 Å². The van der Waals surface area contributed by atoms with E-state index >= 15 is 0 Å². The molecule has 0 aromatic heterocycles. The zero-order valence-corrected chi connectivity index (χ0v) is 11.3. The molecule has 3 nitrogen and oxygen atoms in total. The zero-order chi connectivity index (χ0) is 13.1. The van der Waals surface area contributed by atoms with Crippen LogP contribution in [0.3, 0.4) is 0 Å². The molecule has 1 heterocycles. The Bertz CT molecular complexity index is 467. The first-order valence-corrected chi connectivity index (χ1v) is 6.73. The van der Waals surface area contributed by atoms with E-state index < -0.39 is 0 Å². The third kappa shape index (κ3) is 2.45. The average molecular weight is 264 g/mol. The van der Waals surface area contributed by atoms with E-state index in [-0.39, 0.29) is 0 Å². The molecule has 18 heavy (non-hydrogen) atoms. The maximum Gasteiger partial charge on any atom is 0.0992 e. The number of benzene rings is 1. The molecule has 0 amide bonds. The van der Waals surface area contributed by atoms with Crippen LogP contribution < -0.4 is 10.6 Å². The summed E-state index contributed by atoms with van der Waals surface area (Å²) < 4.78 is 0. The fourth-order valence-electron chi connectivity index (χ4n) is 2.74. The van der Waals surface area contributed by atoms with Crippen LogP contribution in [0.5, 0.6) is 0 Å². The van der Waals surface area contributed by atoms with Gasteiger partial charge in [-0.3, -0.25) is 0 Å². The van der Waals surface area contributed by atoms with E-state index in [9.17, 15) is 0 Å². The molecule has 0 saturated carbocycles. The van der Waals surface area contributed by atoms with Crippen molar-refractivity contribution in [3.05, 3.63) is 28.8 Å². The monoisotopic (exact) mass is 263 g/mol. The van der Waals surface area contributed by atoms with Gasteiger partial charge < -0.3 is 10.6 Å². The van der Waals surface area contributed by atoms with E-state index in [1.165, 1.54) is 6.42 Å². The second kappa shape index (κ2) is 5.60. The van der Waals surface area contributed by atoms with E-state index in [1.54, 1.807) is 6.07 Å². The van der Waals surface area contributed by atoms with Crippen LogP contribution in [0.25, 0.3) is 0 Å². The van der Waals surface area contributed by atoms with Gasteiger partial charge in [0.25, 0.3) is 0 Å². The summed E-state index contributed by atoms with van der Waals surface area (Å²) in [6, 6.07) is 8.37. The molecule has 2 N–H and O–H groups in total. The lowest BCUT2D eigenvalue weighted by Gasteiger charge is -2.42. The number of nitriles is 1. The lowest BCUT2D eigenvalue weighted by atomic mass is 9.95. The molecule has 1 aliphatic heterocycles. The summed E-state index contributed by atoms with van der Waals surface area (Å²) in [7, 11) is 0. The Morgan fingerprint density at radius 3 is 2.89 bits per heavy atom. The number of nitrogens with zero attached hydrogens (tertiary/aromatic N) is 2. The van der Waals surface area contributed by atoms with Gasteiger partial charge in [-0.2, -0.15) is 5.26 Å². The second-order valence-corrected chi connectivity index (χ2v) is 5.26. The highest BCUT2D eigenvalue weighted by atomic mass is 35.5. The molecule has 2 rings (SSSR count). The van der Waals surface area contributed by atoms with Crippen molar-refractivity contribution in [2.24, 2.45) is 5.73 Å². The van der Waals surface area contributed by atoms with Crippen LogP contribution in [-0.4, -0.2) is 18.6 Å². The quantitative estimate of drug-likeness (QED) is 0.893. The molecular formula is C14H18ClN3. The molecule has 0 radical (unpaired) electrons. The van der Waals surface area contributed by atoms with Crippen molar-refractivity contribution >= 4 is 17.3 Å². The fraction of sp³-hybridized carbons (Fsp3) is 0.500. The van der Waals surface area contributed by atoms with Crippen molar-refractivity contribution in [3.63, 3.8) is 0 Å². The first-order chi connectivity index (χ1) is 8.67. The van der Waals surface area contributed by atoms with Crippen molar-refractivity contribution in [3.8, 4) is 6.07 Å². The highest BCUT2D eigenvalue weighted by molar-refractivity contribution is 6.33. The molecule has 0 bridgehead atoms. The zero-order valence-electron chi connectivity index (χ0n) is 10.6. The van der Waals surface area contributed by atoms with Crippen LogP contribution in [0.4, 0.5) is 5.69 Å². The summed E-state index contributed by atoms with van der Waals surface area (Å²) in [6.45, 7) is 2.84.